The Kier molecular flexibility index (Phi) is 8.07. The first kappa shape index (κ1) is 24.8. The summed E-state index contributed by atoms with van der Waals surface area (Å²) in [5, 5.41) is 14.6. The number of carbonyl (C=O) groups excluding carboxylic acids is 1. The van der Waals surface area contributed by atoms with Crippen molar-refractivity contribution < 1.29 is 9.53 Å². The van der Waals surface area contributed by atoms with Gasteiger partial charge in [-0.1, -0.05) is 53.2 Å². The van der Waals surface area contributed by atoms with Gasteiger partial charge in [0.2, 0.25) is 0 Å². The van der Waals surface area contributed by atoms with Gasteiger partial charge in [0.25, 0.3) is 5.91 Å². The highest BCUT2D eigenvalue weighted by molar-refractivity contribution is 7.99. The van der Waals surface area contributed by atoms with Crippen molar-refractivity contribution in [1.82, 2.24) is 20.2 Å². The van der Waals surface area contributed by atoms with Crippen LogP contribution in [0.4, 0.5) is 0 Å². The number of halogens is 2. The molecule has 0 aliphatic heterocycles. The van der Waals surface area contributed by atoms with E-state index in [1.54, 1.807) is 32.2 Å². The number of carbonyl (C=O) groups is 1. The van der Waals surface area contributed by atoms with E-state index in [9.17, 15) is 4.79 Å². The number of benzene rings is 3. The number of aromatic nitrogens is 3. The lowest BCUT2D eigenvalue weighted by Crippen LogP contribution is -2.21. The number of methoxy groups -OCH3 is 1. The molecule has 0 saturated heterocycles. The van der Waals surface area contributed by atoms with Gasteiger partial charge in [-0.2, -0.15) is 5.10 Å². The average Bonchev–Trinajstić information content (AvgIpc) is 3.30. The second-order valence-corrected chi connectivity index (χ2v) is 9.13. The number of hydrogen-bond acceptors (Lipinski definition) is 6. The first-order valence-corrected chi connectivity index (χ1v) is 12.3. The minimum Gasteiger partial charge on any atom is -0.497 e. The van der Waals surface area contributed by atoms with E-state index in [0.717, 1.165) is 22.6 Å². The van der Waals surface area contributed by atoms with Crippen molar-refractivity contribution in [3.8, 4) is 22.8 Å². The molecule has 1 N–H and O–H groups in total. The van der Waals surface area contributed by atoms with Crippen molar-refractivity contribution in [3.05, 3.63) is 88.4 Å². The van der Waals surface area contributed by atoms with E-state index in [4.69, 9.17) is 27.9 Å². The van der Waals surface area contributed by atoms with Crippen LogP contribution in [0.1, 0.15) is 12.5 Å². The smallest absolute Gasteiger partial charge is 0.250 e. The normalized spacial score (nSPS) is 11.4. The predicted molar refractivity (Wildman–Crippen MR) is 141 cm³/mol. The second kappa shape index (κ2) is 11.4. The molecule has 4 rings (SSSR count). The molecule has 0 fully saturated rings. The highest BCUT2D eigenvalue weighted by Gasteiger charge is 2.17. The highest BCUT2D eigenvalue weighted by atomic mass is 35.5. The summed E-state index contributed by atoms with van der Waals surface area (Å²) < 4.78 is 7.14. The van der Waals surface area contributed by atoms with Gasteiger partial charge in [-0.3, -0.25) is 9.36 Å². The number of nitrogens with zero attached hydrogens (tertiary/aromatic N) is 4. The van der Waals surface area contributed by atoms with Gasteiger partial charge in [-0.05, 0) is 61.5 Å². The maximum atomic E-state index is 12.5. The molecule has 1 heterocycles. The van der Waals surface area contributed by atoms with Crippen LogP contribution in [0.3, 0.4) is 0 Å². The molecule has 0 atom stereocenters. The van der Waals surface area contributed by atoms with Crippen molar-refractivity contribution in [2.24, 2.45) is 5.10 Å². The molecule has 35 heavy (non-hydrogen) atoms. The number of nitrogens with one attached hydrogen (secondary N) is 1. The Morgan fingerprint density at radius 2 is 1.74 bits per heavy atom. The van der Waals surface area contributed by atoms with Crippen molar-refractivity contribution in [2.45, 2.75) is 12.1 Å². The monoisotopic (exact) mass is 525 g/mol. The quantitative estimate of drug-likeness (QED) is 0.176. The van der Waals surface area contributed by atoms with Crippen LogP contribution in [0.15, 0.2) is 83.1 Å². The lowest BCUT2D eigenvalue weighted by Gasteiger charge is -2.11. The van der Waals surface area contributed by atoms with Gasteiger partial charge < -0.3 is 4.74 Å². The summed E-state index contributed by atoms with van der Waals surface area (Å²) in [6, 6.07) is 22.2. The van der Waals surface area contributed by atoms with Gasteiger partial charge in [0.1, 0.15) is 5.75 Å². The third kappa shape index (κ3) is 6.03. The molecule has 0 aliphatic rings. The van der Waals surface area contributed by atoms with Crippen LogP contribution in [-0.4, -0.2) is 39.2 Å². The van der Waals surface area contributed by atoms with Gasteiger partial charge in [0.05, 0.1) is 18.6 Å². The number of rotatable bonds is 8. The highest BCUT2D eigenvalue weighted by Crippen LogP contribution is 2.29. The van der Waals surface area contributed by atoms with Crippen LogP contribution in [0.25, 0.3) is 17.1 Å². The third-order valence-electron chi connectivity index (χ3n) is 5.01. The van der Waals surface area contributed by atoms with E-state index in [1.165, 1.54) is 11.8 Å². The molecular formula is C25H21Cl2N5O2S. The molecule has 0 bridgehead atoms. The summed E-state index contributed by atoms with van der Waals surface area (Å²) in [6.45, 7) is 1.78. The van der Waals surface area contributed by atoms with Gasteiger partial charge >= 0.3 is 0 Å². The Labute approximate surface area is 217 Å². The summed E-state index contributed by atoms with van der Waals surface area (Å²) in [5.41, 5.74) is 5.62. The molecule has 7 nitrogen and oxygen atoms in total. The minimum absolute atomic E-state index is 0.0909. The molecule has 0 unspecified atom stereocenters. The van der Waals surface area contributed by atoms with Crippen LogP contribution in [-0.2, 0) is 4.79 Å². The van der Waals surface area contributed by atoms with Gasteiger partial charge in [-0.15, -0.1) is 10.2 Å². The first-order valence-electron chi connectivity index (χ1n) is 10.5. The molecule has 0 spiro atoms. The zero-order chi connectivity index (χ0) is 24.8. The van der Waals surface area contributed by atoms with Crippen LogP contribution >= 0.6 is 35.0 Å². The number of amides is 1. The van der Waals surface area contributed by atoms with E-state index >= 15 is 0 Å². The molecule has 0 saturated carbocycles. The fraction of sp³-hybridized carbons (Fsp3) is 0.120. The Bertz CT molecular complexity index is 1360. The number of ether oxygens (including phenoxy) is 1. The van der Waals surface area contributed by atoms with E-state index in [1.807, 2.05) is 59.2 Å². The maximum absolute atomic E-state index is 12.5. The van der Waals surface area contributed by atoms with Crippen LogP contribution < -0.4 is 10.2 Å². The first-order chi connectivity index (χ1) is 17.0. The van der Waals surface area contributed by atoms with Crippen LogP contribution in [0.5, 0.6) is 5.75 Å². The van der Waals surface area contributed by atoms with Gasteiger partial charge in [0.15, 0.2) is 11.0 Å². The fourth-order valence-electron chi connectivity index (χ4n) is 3.24. The van der Waals surface area contributed by atoms with E-state index in [2.05, 4.69) is 20.7 Å². The Morgan fingerprint density at radius 3 is 2.43 bits per heavy atom. The molecule has 3 aromatic carbocycles. The maximum Gasteiger partial charge on any atom is 0.250 e. The molecule has 0 aliphatic carbocycles. The molecule has 0 radical (unpaired) electrons. The predicted octanol–water partition coefficient (Wildman–Crippen LogP) is 5.88. The minimum atomic E-state index is -0.280. The average molecular weight is 526 g/mol. The van der Waals surface area contributed by atoms with Crippen molar-refractivity contribution in [1.29, 1.82) is 0 Å². The zero-order valence-electron chi connectivity index (χ0n) is 18.9. The number of hydrazone groups is 1. The molecule has 1 amide bonds. The Morgan fingerprint density at radius 1 is 1.03 bits per heavy atom. The SMILES string of the molecule is COc1ccc(-c2nnc(SCC(=O)NN=C(C)c3ccccc3Cl)n2-c2ccc(Cl)cc2)cc1. The van der Waals surface area contributed by atoms with E-state index in [0.29, 0.717) is 26.7 Å². The molecule has 178 valence electrons. The zero-order valence-corrected chi connectivity index (χ0v) is 21.2. The Hall–Kier alpha value is -3.33. The topological polar surface area (TPSA) is 81.4 Å². The van der Waals surface area contributed by atoms with Crippen molar-refractivity contribution in [3.63, 3.8) is 0 Å². The van der Waals surface area contributed by atoms with Crippen LogP contribution in [0, 0.1) is 0 Å². The summed E-state index contributed by atoms with van der Waals surface area (Å²) in [5.74, 6) is 1.18. The summed E-state index contributed by atoms with van der Waals surface area (Å²) >= 11 is 13.5. The molecule has 10 heteroatoms. The van der Waals surface area contributed by atoms with Gasteiger partial charge in [-0.25, -0.2) is 5.43 Å². The lowest BCUT2D eigenvalue weighted by atomic mass is 10.1. The number of thioether (sulfide) groups is 1. The van der Waals surface area contributed by atoms with Gasteiger partial charge in [0, 0.05) is 26.9 Å². The molecule has 4 aromatic rings. The summed E-state index contributed by atoms with van der Waals surface area (Å²) in [7, 11) is 1.62. The van der Waals surface area contributed by atoms with E-state index < -0.39 is 0 Å². The molecular weight excluding hydrogens is 505 g/mol. The third-order valence-corrected chi connectivity index (χ3v) is 6.52. The van der Waals surface area contributed by atoms with Crippen LogP contribution in [0.2, 0.25) is 10.0 Å². The summed E-state index contributed by atoms with van der Waals surface area (Å²) in [4.78, 5) is 12.5. The number of hydrogen-bond donors (Lipinski definition) is 1. The lowest BCUT2D eigenvalue weighted by molar-refractivity contribution is -0.118. The standard InChI is InChI=1S/C25H21Cl2N5O2S/c1-16(21-5-3-4-6-22(21)27)28-29-23(33)15-35-25-31-30-24(17-7-13-20(34-2)14-8-17)32(25)19-11-9-18(26)10-12-19/h3-14H,15H2,1-2H3,(H,29,33). The van der Waals surface area contributed by atoms with Crippen molar-refractivity contribution in [2.75, 3.05) is 12.9 Å². The largest absolute Gasteiger partial charge is 0.497 e. The summed E-state index contributed by atoms with van der Waals surface area (Å²) in [6.07, 6.45) is 0. The molecule has 1 aromatic heterocycles. The van der Waals surface area contributed by atoms with Crippen molar-refractivity contribution >= 4 is 46.6 Å². The fourth-order valence-corrected chi connectivity index (χ4v) is 4.38. The Balaban J connectivity index is 1.54. The van der Waals surface area contributed by atoms with E-state index in [-0.39, 0.29) is 11.7 Å². The second-order valence-electron chi connectivity index (χ2n) is 7.35.